The van der Waals surface area contributed by atoms with Crippen LogP contribution in [0, 0.1) is 0 Å². The Hall–Kier alpha value is -3.09. The standard InChI is InChI=1S/C24H19NO3S2/c26-23-22(30-24(29)25(23)19-10-3-1-4-11-19)17-18-9-7-8-14-21(18)28-16-15-27-20-12-5-2-6-13-20/h1-14,17H,15-16H2. The van der Waals surface area contributed by atoms with Crippen LogP contribution in [0.5, 0.6) is 11.5 Å². The van der Waals surface area contributed by atoms with Gasteiger partial charge in [0.15, 0.2) is 4.32 Å². The van der Waals surface area contributed by atoms with Crippen molar-refractivity contribution in [1.29, 1.82) is 0 Å². The van der Waals surface area contributed by atoms with Crippen molar-refractivity contribution >= 4 is 46.0 Å². The number of carbonyl (C=O) groups is 1. The van der Waals surface area contributed by atoms with Crippen molar-refractivity contribution in [3.05, 3.63) is 95.4 Å². The van der Waals surface area contributed by atoms with Crippen LogP contribution in [0.25, 0.3) is 6.08 Å². The molecule has 0 saturated carbocycles. The van der Waals surface area contributed by atoms with E-state index in [1.165, 1.54) is 11.8 Å². The van der Waals surface area contributed by atoms with Crippen molar-refractivity contribution in [3.63, 3.8) is 0 Å². The second kappa shape index (κ2) is 9.61. The molecule has 3 aromatic rings. The molecule has 0 radical (unpaired) electrons. The third-order valence-corrected chi connectivity index (χ3v) is 5.67. The Kier molecular flexibility index (Phi) is 6.47. The molecule has 1 amide bonds. The van der Waals surface area contributed by atoms with E-state index in [2.05, 4.69) is 0 Å². The molecular weight excluding hydrogens is 414 g/mol. The normalized spacial score (nSPS) is 14.9. The van der Waals surface area contributed by atoms with Crippen LogP contribution in [-0.2, 0) is 4.79 Å². The van der Waals surface area contributed by atoms with Crippen LogP contribution >= 0.6 is 24.0 Å². The van der Waals surface area contributed by atoms with Gasteiger partial charge in [-0.2, -0.15) is 0 Å². The number of hydrogen-bond donors (Lipinski definition) is 0. The third kappa shape index (κ3) is 4.72. The number of rotatable bonds is 7. The Bertz CT molecular complexity index is 1070. The maximum Gasteiger partial charge on any atom is 0.270 e. The summed E-state index contributed by atoms with van der Waals surface area (Å²) < 4.78 is 12.1. The molecule has 0 atom stereocenters. The Morgan fingerprint density at radius 3 is 2.23 bits per heavy atom. The summed E-state index contributed by atoms with van der Waals surface area (Å²) in [5, 5.41) is 0. The van der Waals surface area contributed by atoms with Crippen LogP contribution < -0.4 is 14.4 Å². The molecule has 3 aromatic carbocycles. The number of benzene rings is 3. The van der Waals surface area contributed by atoms with Gasteiger partial charge in [-0.05, 0) is 36.4 Å². The molecule has 1 heterocycles. The van der Waals surface area contributed by atoms with Gasteiger partial charge in [0.05, 0.1) is 10.6 Å². The van der Waals surface area contributed by atoms with E-state index in [9.17, 15) is 4.79 Å². The zero-order chi connectivity index (χ0) is 20.8. The maximum absolute atomic E-state index is 12.9. The van der Waals surface area contributed by atoms with Crippen LogP contribution in [0.2, 0.25) is 0 Å². The molecule has 150 valence electrons. The van der Waals surface area contributed by atoms with Crippen LogP contribution in [0.15, 0.2) is 89.8 Å². The first-order valence-electron chi connectivity index (χ1n) is 9.45. The fraction of sp³-hybridized carbons (Fsp3) is 0.0833. The van der Waals surface area contributed by atoms with Gasteiger partial charge in [-0.3, -0.25) is 9.69 Å². The number of para-hydroxylation sites is 3. The highest BCUT2D eigenvalue weighted by Crippen LogP contribution is 2.37. The van der Waals surface area contributed by atoms with Crippen molar-refractivity contribution in [1.82, 2.24) is 0 Å². The zero-order valence-electron chi connectivity index (χ0n) is 16.1. The highest BCUT2D eigenvalue weighted by Gasteiger charge is 2.33. The van der Waals surface area contributed by atoms with Gasteiger partial charge in [0.2, 0.25) is 0 Å². The minimum absolute atomic E-state index is 0.126. The van der Waals surface area contributed by atoms with Crippen molar-refractivity contribution in [2.24, 2.45) is 0 Å². The minimum atomic E-state index is -0.126. The number of anilines is 1. The quantitative estimate of drug-likeness (QED) is 0.277. The predicted octanol–water partition coefficient (Wildman–Crippen LogP) is 5.55. The molecule has 1 saturated heterocycles. The summed E-state index contributed by atoms with van der Waals surface area (Å²) in [5.74, 6) is 1.37. The molecule has 0 aromatic heterocycles. The Morgan fingerprint density at radius 2 is 1.47 bits per heavy atom. The number of amides is 1. The molecule has 1 fully saturated rings. The average Bonchev–Trinajstić information content (AvgIpc) is 3.06. The summed E-state index contributed by atoms with van der Waals surface area (Å²) >= 11 is 6.73. The van der Waals surface area contributed by atoms with Gasteiger partial charge in [0.1, 0.15) is 24.7 Å². The molecule has 4 nitrogen and oxygen atoms in total. The highest BCUT2D eigenvalue weighted by molar-refractivity contribution is 8.27. The molecule has 1 aliphatic heterocycles. The topological polar surface area (TPSA) is 38.8 Å². The van der Waals surface area contributed by atoms with E-state index < -0.39 is 0 Å². The molecule has 6 heteroatoms. The van der Waals surface area contributed by atoms with Crippen molar-refractivity contribution in [2.45, 2.75) is 0 Å². The molecular formula is C24H19NO3S2. The summed E-state index contributed by atoms with van der Waals surface area (Å²) in [5.41, 5.74) is 1.59. The molecule has 0 aliphatic carbocycles. The zero-order valence-corrected chi connectivity index (χ0v) is 17.7. The van der Waals surface area contributed by atoms with E-state index in [0.717, 1.165) is 17.0 Å². The van der Waals surface area contributed by atoms with Crippen molar-refractivity contribution < 1.29 is 14.3 Å². The second-order valence-corrected chi connectivity index (χ2v) is 8.08. The Morgan fingerprint density at radius 1 is 0.833 bits per heavy atom. The van der Waals surface area contributed by atoms with Gasteiger partial charge in [0, 0.05) is 5.56 Å². The molecule has 0 spiro atoms. The fourth-order valence-electron chi connectivity index (χ4n) is 2.97. The van der Waals surface area contributed by atoms with E-state index in [1.54, 1.807) is 4.90 Å². The SMILES string of the molecule is O=C1C(=Cc2ccccc2OCCOc2ccccc2)SC(=S)N1c1ccccc1. The smallest absolute Gasteiger partial charge is 0.270 e. The van der Waals surface area contributed by atoms with E-state index in [-0.39, 0.29) is 5.91 Å². The lowest BCUT2D eigenvalue weighted by Gasteiger charge is -2.14. The van der Waals surface area contributed by atoms with Gasteiger partial charge in [-0.1, -0.05) is 78.6 Å². The number of nitrogens with zero attached hydrogens (tertiary/aromatic N) is 1. The second-order valence-electron chi connectivity index (χ2n) is 6.40. The first kappa shape index (κ1) is 20.2. The summed E-state index contributed by atoms with van der Waals surface area (Å²) in [6, 6.07) is 26.7. The summed E-state index contributed by atoms with van der Waals surface area (Å²) in [7, 11) is 0. The number of hydrogen-bond acceptors (Lipinski definition) is 5. The van der Waals surface area contributed by atoms with E-state index >= 15 is 0 Å². The minimum Gasteiger partial charge on any atom is -0.490 e. The summed E-state index contributed by atoms with van der Waals surface area (Å²) in [6.45, 7) is 0.819. The summed E-state index contributed by atoms with van der Waals surface area (Å²) in [4.78, 5) is 15.1. The van der Waals surface area contributed by atoms with Gasteiger partial charge in [-0.15, -0.1) is 0 Å². The van der Waals surface area contributed by atoms with Crippen LogP contribution in [0.1, 0.15) is 5.56 Å². The molecule has 30 heavy (non-hydrogen) atoms. The van der Waals surface area contributed by atoms with E-state index in [0.29, 0.717) is 28.2 Å². The molecule has 0 unspecified atom stereocenters. The van der Waals surface area contributed by atoms with Crippen molar-refractivity contribution in [3.8, 4) is 11.5 Å². The Labute approximate surface area is 185 Å². The molecule has 1 aliphatic rings. The van der Waals surface area contributed by atoms with E-state index in [1.807, 2.05) is 91.0 Å². The predicted molar refractivity (Wildman–Crippen MR) is 126 cm³/mol. The maximum atomic E-state index is 12.9. The van der Waals surface area contributed by atoms with Crippen LogP contribution in [0.4, 0.5) is 5.69 Å². The average molecular weight is 434 g/mol. The lowest BCUT2D eigenvalue weighted by molar-refractivity contribution is -0.113. The number of carbonyl (C=O) groups excluding carboxylic acids is 1. The monoisotopic (exact) mass is 433 g/mol. The number of thioether (sulfide) groups is 1. The highest BCUT2D eigenvalue weighted by atomic mass is 32.2. The molecule has 4 rings (SSSR count). The first-order valence-corrected chi connectivity index (χ1v) is 10.7. The van der Waals surface area contributed by atoms with E-state index in [4.69, 9.17) is 21.7 Å². The fourth-order valence-corrected chi connectivity index (χ4v) is 4.26. The summed E-state index contributed by atoms with van der Waals surface area (Å²) in [6.07, 6.45) is 1.83. The van der Waals surface area contributed by atoms with Gasteiger partial charge in [0.25, 0.3) is 5.91 Å². The number of ether oxygens (including phenoxy) is 2. The van der Waals surface area contributed by atoms with Gasteiger partial charge in [-0.25, -0.2) is 0 Å². The van der Waals surface area contributed by atoms with Crippen molar-refractivity contribution in [2.75, 3.05) is 18.1 Å². The first-order chi connectivity index (χ1) is 14.7. The number of thiocarbonyl (C=S) groups is 1. The van der Waals surface area contributed by atoms with Crippen LogP contribution in [0.3, 0.4) is 0 Å². The van der Waals surface area contributed by atoms with Gasteiger partial charge >= 0.3 is 0 Å². The molecule has 0 bridgehead atoms. The lowest BCUT2D eigenvalue weighted by Crippen LogP contribution is -2.27. The van der Waals surface area contributed by atoms with Crippen LogP contribution in [-0.4, -0.2) is 23.4 Å². The third-order valence-electron chi connectivity index (χ3n) is 4.37. The molecule has 0 N–H and O–H groups in total. The van der Waals surface area contributed by atoms with Gasteiger partial charge < -0.3 is 9.47 Å². The largest absolute Gasteiger partial charge is 0.490 e. The Balaban J connectivity index is 1.45. The lowest BCUT2D eigenvalue weighted by atomic mass is 10.2.